The molecule has 5 heteroatoms. The fourth-order valence-corrected chi connectivity index (χ4v) is 0.626. The van der Waals surface area contributed by atoms with E-state index in [0.717, 1.165) is 0 Å². The van der Waals surface area contributed by atoms with Crippen LogP contribution in [0.15, 0.2) is 0 Å². The van der Waals surface area contributed by atoms with Gasteiger partial charge >= 0.3 is 5.97 Å². The molecule has 66 valence electrons. The zero-order valence-corrected chi connectivity index (χ0v) is 6.83. The van der Waals surface area contributed by atoms with E-state index in [0.29, 0.717) is 0 Å². The standard InChI is InChI=1S/C6H13NO4/c1-6(2,10-3)4(11-7)5(8)9/h4H,7H2,1-3H3,(H,8,9)/t4-/m0/s1. The largest absolute Gasteiger partial charge is 0.479 e. The number of carboxylic acid groups (broad SMARTS) is 1. The quantitative estimate of drug-likeness (QED) is 0.559. The summed E-state index contributed by atoms with van der Waals surface area (Å²) < 4.78 is 4.87. The maximum Gasteiger partial charge on any atom is 0.338 e. The molecule has 0 fully saturated rings. The van der Waals surface area contributed by atoms with Gasteiger partial charge in [0.25, 0.3) is 0 Å². The van der Waals surface area contributed by atoms with Crippen LogP contribution >= 0.6 is 0 Å². The monoisotopic (exact) mass is 163 g/mol. The van der Waals surface area contributed by atoms with Crippen LogP contribution in [0, 0.1) is 0 Å². The first-order valence-corrected chi connectivity index (χ1v) is 3.09. The summed E-state index contributed by atoms with van der Waals surface area (Å²) in [6, 6.07) is 0. The minimum Gasteiger partial charge on any atom is -0.479 e. The molecule has 0 rings (SSSR count). The molecular weight excluding hydrogens is 150 g/mol. The highest BCUT2D eigenvalue weighted by molar-refractivity contribution is 5.73. The van der Waals surface area contributed by atoms with Crippen molar-refractivity contribution >= 4 is 5.97 Å². The van der Waals surface area contributed by atoms with Gasteiger partial charge in [0, 0.05) is 7.11 Å². The third kappa shape index (κ3) is 2.45. The number of methoxy groups -OCH3 is 1. The van der Waals surface area contributed by atoms with Gasteiger partial charge in [0.15, 0.2) is 0 Å². The number of ether oxygens (including phenoxy) is 1. The van der Waals surface area contributed by atoms with Crippen LogP contribution in [0.5, 0.6) is 0 Å². The van der Waals surface area contributed by atoms with Gasteiger partial charge in [0.1, 0.15) is 5.60 Å². The molecule has 0 spiro atoms. The second-order valence-corrected chi connectivity index (χ2v) is 2.66. The normalized spacial score (nSPS) is 14.5. The van der Waals surface area contributed by atoms with E-state index in [9.17, 15) is 4.79 Å². The van der Waals surface area contributed by atoms with Crippen molar-refractivity contribution in [3.63, 3.8) is 0 Å². The highest BCUT2D eigenvalue weighted by Gasteiger charge is 2.36. The lowest BCUT2D eigenvalue weighted by Crippen LogP contribution is -2.47. The maximum atomic E-state index is 10.5. The summed E-state index contributed by atoms with van der Waals surface area (Å²) in [4.78, 5) is 14.7. The average molecular weight is 163 g/mol. The summed E-state index contributed by atoms with van der Waals surface area (Å²) in [6.07, 6.45) is -1.15. The van der Waals surface area contributed by atoms with Crippen molar-refractivity contribution in [2.45, 2.75) is 25.6 Å². The Morgan fingerprint density at radius 2 is 2.09 bits per heavy atom. The molecule has 0 unspecified atom stereocenters. The summed E-state index contributed by atoms with van der Waals surface area (Å²) in [7, 11) is 1.40. The van der Waals surface area contributed by atoms with E-state index in [1.54, 1.807) is 13.8 Å². The first-order chi connectivity index (χ1) is 4.95. The average Bonchev–Trinajstić information content (AvgIpc) is 1.88. The smallest absolute Gasteiger partial charge is 0.338 e. The summed E-state index contributed by atoms with van der Waals surface area (Å²) in [5.41, 5.74) is -0.916. The molecular formula is C6H13NO4. The number of rotatable bonds is 4. The lowest BCUT2D eigenvalue weighted by atomic mass is 10.0. The number of nitrogens with two attached hydrogens (primary N) is 1. The molecule has 0 aromatic carbocycles. The van der Waals surface area contributed by atoms with Crippen LogP contribution in [0.25, 0.3) is 0 Å². The summed E-state index contributed by atoms with van der Waals surface area (Å²) in [5, 5.41) is 8.55. The van der Waals surface area contributed by atoms with E-state index in [4.69, 9.17) is 15.7 Å². The number of aliphatic carboxylic acids is 1. The number of carboxylic acids is 1. The molecule has 3 N–H and O–H groups in total. The molecule has 0 saturated carbocycles. The molecule has 0 heterocycles. The summed E-state index contributed by atoms with van der Waals surface area (Å²) in [6.45, 7) is 3.16. The van der Waals surface area contributed by atoms with Crippen LogP contribution in [0.2, 0.25) is 0 Å². The highest BCUT2D eigenvalue weighted by atomic mass is 16.7. The Morgan fingerprint density at radius 1 is 1.64 bits per heavy atom. The number of hydrogen-bond acceptors (Lipinski definition) is 4. The summed E-state index contributed by atoms with van der Waals surface area (Å²) in [5.74, 6) is 3.64. The Morgan fingerprint density at radius 3 is 2.18 bits per heavy atom. The number of carbonyl (C=O) groups is 1. The Kier molecular flexibility index (Phi) is 3.44. The SMILES string of the molecule is COC(C)(C)[C@@H](ON)C(=O)O. The Labute approximate surface area is 65.0 Å². The van der Waals surface area contributed by atoms with Crippen LogP contribution < -0.4 is 5.90 Å². The van der Waals surface area contributed by atoms with E-state index in [1.165, 1.54) is 7.11 Å². The topological polar surface area (TPSA) is 81.8 Å². The Hall–Kier alpha value is -0.650. The Bertz CT molecular complexity index is 146. The second-order valence-electron chi connectivity index (χ2n) is 2.66. The van der Waals surface area contributed by atoms with Gasteiger partial charge in [-0.15, -0.1) is 0 Å². The second kappa shape index (κ2) is 3.66. The highest BCUT2D eigenvalue weighted by Crippen LogP contribution is 2.15. The molecule has 0 amide bonds. The minimum atomic E-state index is -1.15. The zero-order valence-electron chi connectivity index (χ0n) is 6.83. The first-order valence-electron chi connectivity index (χ1n) is 3.09. The molecule has 0 radical (unpaired) electrons. The molecule has 0 aromatic heterocycles. The van der Waals surface area contributed by atoms with Gasteiger partial charge in [-0.2, -0.15) is 0 Å². The van der Waals surface area contributed by atoms with Gasteiger partial charge in [0.05, 0.1) is 0 Å². The van der Waals surface area contributed by atoms with E-state index in [2.05, 4.69) is 4.84 Å². The van der Waals surface area contributed by atoms with Crippen LogP contribution in [0.1, 0.15) is 13.8 Å². The molecule has 0 aromatic rings. The van der Waals surface area contributed by atoms with Crippen LogP contribution in [0.3, 0.4) is 0 Å². The van der Waals surface area contributed by atoms with Gasteiger partial charge in [0.2, 0.25) is 6.10 Å². The molecule has 11 heavy (non-hydrogen) atoms. The van der Waals surface area contributed by atoms with Gasteiger partial charge in [-0.25, -0.2) is 10.7 Å². The van der Waals surface area contributed by atoms with Crippen LogP contribution in [-0.2, 0) is 14.4 Å². The zero-order chi connectivity index (χ0) is 9.07. The molecule has 0 saturated heterocycles. The minimum absolute atomic E-state index is 0.916. The van der Waals surface area contributed by atoms with Crippen molar-refractivity contribution in [3.8, 4) is 0 Å². The molecule has 0 aliphatic carbocycles. The molecule has 5 nitrogen and oxygen atoms in total. The van der Waals surface area contributed by atoms with Crippen molar-refractivity contribution in [1.82, 2.24) is 0 Å². The van der Waals surface area contributed by atoms with Gasteiger partial charge in [-0.3, -0.25) is 4.84 Å². The lowest BCUT2D eigenvalue weighted by molar-refractivity contribution is -0.172. The van der Waals surface area contributed by atoms with Crippen molar-refractivity contribution < 1.29 is 19.5 Å². The van der Waals surface area contributed by atoms with E-state index in [-0.39, 0.29) is 0 Å². The van der Waals surface area contributed by atoms with Crippen LogP contribution in [-0.4, -0.2) is 29.9 Å². The predicted octanol–water partition coefficient (Wildman–Crippen LogP) is -0.245. The molecule has 1 atom stereocenters. The predicted molar refractivity (Wildman–Crippen MR) is 37.8 cm³/mol. The fourth-order valence-electron chi connectivity index (χ4n) is 0.626. The van der Waals surface area contributed by atoms with E-state index < -0.39 is 17.7 Å². The van der Waals surface area contributed by atoms with Crippen molar-refractivity contribution in [1.29, 1.82) is 0 Å². The van der Waals surface area contributed by atoms with E-state index >= 15 is 0 Å². The van der Waals surface area contributed by atoms with Gasteiger partial charge in [-0.1, -0.05) is 0 Å². The molecule has 0 aliphatic rings. The fraction of sp³-hybridized carbons (Fsp3) is 0.833. The third-order valence-electron chi connectivity index (χ3n) is 1.52. The van der Waals surface area contributed by atoms with Crippen molar-refractivity contribution in [3.05, 3.63) is 0 Å². The third-order valence-corrected chi connectivity index (χ3v) is 1.52. The van der Waals surface area contributed by atoms with Gasteiger partial charge in [-0.05, 0) is 13.8 Å². The van der Waals surface area contributed by atoms with Gasteiger partial charge < -0.3 is 9.84 Å². The Balaban J connectivity index is 4.36. The maximum absolute atomic E-state index is 10.5. The first kappa shape index (κ1) is 10.3. The van der Waals surface area contributed by atoms with Crippen molar-refractivity contribution in [2.75, 3.05) is 7.11 Å². The number of hydrogen-bond donors (Lipinski definition) is 2. The molecule has 0 bridgehead atoms. The van der Waals surface area contributed by atoms with Crippen LogP contribution in [0.4, 0.5) is 0 Å². The van der Waals surface area contributed by atoms with E-state index in [1.807, 2.05) is 0 Å². The summed E-state index contributed by atoms with van der Waals surface area (Å²) >= 11 is 0. The van der Waals surface area contributed by atoms with Crippen molar-refractivity contribution in [2.24, 2.45) is 5.90 Å². The molecule has 0 aliphatic heterocycles. The lowest BCUT2D eigenvalue weighted by Gasteiger charge is -2.27.